The van der Waals surface area contributed by atoms with E-state index in [2.05, 4.69) is 5.32 Å². The highest BCUT2D eigenvalue weighted by Gasteiger charge is 2.15. The summed E-state index contributed by atoms with van der Waals surface area (Å²) in [6.07, 6.45) is 1.53. The number of hydrogen-bond donors (Lipinski definition) is 1. The van der Waals surface area contributed by atoms with Crippen molar-refractivity contribution in [1.29, 1.82) is 5.26 Å². The van der Waals surface area contributed by atoms with Gasteiger partial charge in [-0.3, -0.25) is 14.9 Å². The van der Waals surface area contributed by atoms with Crippen LogP contribution < -0.4 is 5.32 Å². The molecule has 0 fully saturated rings. The van der Waals surface area contributed by atoms with Gasteiger partial charge in [0, 0.05) is 29.2 Å². The number of nitrogens with one attached hydrogen (secondary N) is 1. The van der Waals surface area contributed by atoms with E-state index < -0.39 is 10.8 Å². The number of carbonyl (C=O) groups is 1. The molecular weight excluding hydrogens is 380 g/mol. The maximum Gasteiger partial charge on any atom is 0.271 e. The van der Waals surface area contributed by atoms with Gasteiger partial charge in [0.25, 0.3) is 11.6 Å². The number of carbonyl (C=O) groups excluding carboxylic acids is 1. The number of nitro benzene ring substituents is 1. The molecule has 1 amide bonds. The van der Waals surface area contributed by atoms with Crippen LogP contribution >= 0.6 is 0 Å². The number of anilines is 1. The highest BCUT2D eigenvalue weighted by atomic mass is 16.6. The van der Waals surface area contributed by atoms with Crippen molar-refractivity contribution in [2.24, 2.45) is 0 Å². The molecular formula is C23H20N4O3. The zero-order valence-electron chi connectivity index (χ0n) is 16.8. The molecule has 3 aromatic rings. The molecule has 1 N–H and O–H groups in total. The predicted octanol–water partition coefficient (Wildman–Crippen LogP) is 4.86. The third-order valence-corrected chi connectivity index (χ3v) is 4.71. The fraction of sp³-hybridized carbons (Fsp3) is 0.130. The van der Waals surface area contributed by atoms with Crippen molar-refractivity contribution >= 4 is 23.4 Å². The second-order valence-corrected chi connectivity index (χ2v) is 6.93. The Balaban J connectivity index is 1.96. The monoisotopic (exact) mass is 400 g/mol. The molecule has 0 unspecified atom stereocenters. The van der Waals surface area contributed by atoms with Crippen LogP contribution in [-0.2, 0) is 4.79 Å². The molecule has 0 aliphatic heterocycles. The van der Waals surface area contributed by atoms with E-state index in [4.69, 9.17) is 0 Å². The first-order chi connectivity index (χ1) is 14.3. The number of hydrogen-bond acceptors (Lipinski definition) is 4. The Kier molecular flexibility index (Phi) is 5.79. The van der Waals surface area contributed by atoms with Crippen molar-refractivity contribution in [3.05, 3.63) is 92.8 Å². The first kappa shape index (κ1) is 20.6. The van der Waals surface area contributed by atoms with E-state index in [1.807, 2.05) is 55.7 Å². The van der Waals surface area contributed by atoms with Gasteiger partial charge in [0.15, 0.2) is 0 Å². The van der Waals surface area contributed by atoms with Crippen LogP contribution in [0.1, 0.15) is 22.5 Å². The molecule has 0 spiro atoms. The number of benzene rings is 2. The van der Waals surface area contributed by atoms with Crippen LogP contribution in [0.3, 0.4) is 0 Å². The third kappa shape index (κ3) is 4.28. The number of nitriles is 1. The van der Waals surface area contributed by atoms with E-state index in [1.165, 1.54) is 18.2 Å². The second-order valence-electron chi connectivity index (χ2n) is 6.93. The number of non-ortho nitro benzene ring substituents is 1. The average molecular weight is 400 g/mol. The van der Waals surface area contributed by atoms with Crippen LogP contribution in [0.4, 0.5) is 11.4 Å². The molecule has 3 rings (SSSR count). The van der Waals surface area contributed by atoms with Crippen molar-refractivity contribution < 1.29 is 9.72 Å². The summed E-state index contributed by atoms with van der Waals surface area (Å²) in [5, 5.41) is 23.3. The molecule has 0 saturated carbocycles. The Hall–Kier alpha value is -4.18. The molecule has 30 heavy (non-hydrogen) atoms. The zero-order valence-corrected chi connectivity index (χ0v) is 16.8. The number of aryl methyl sites for hydroxylation is 2. The molecule has 7 nitrogen and oxygen atoms in total. The lowest BCUT2D eigenvalue weighted by Crippen LogP contribution is -2.13. The van der Waals surface area contributed by atoms with Crippen LogP contribution in [0.5, 0.6) is 0 Å². The van der Waals surface area contributed by atoms with E-state index in [-0.39, 0.29) is 11.3 Å². The van der Waals surface area contributed by atoms with Gasteiger partial charge in [-0.05, 0) is 62.2 Å². The van der Waals surface area contributed by atoms with Crippen molar-refractivity contribution in [3.8, 4) is 11.8 Å². The topological polar surface area (TPSA) is 101 Å². The second kappa shape index (κ2) is 8.45. The highest BCUT2D eigenvalue weighted by Crippen LogP contribution is 2.25. The fourth-order valence-corrected chi connectivity index (χ4v) is 3.30. The quantitative estimate of drug-likeness (QED) is 0.286. The summed E-state index contributed by atoms with van der Waals surface area (Å²) in [7, 11) is 0. The Morgan fingerprint density at radius 3 is 2.53 bits per heavy atom. The van der Waals surface area contributed by atoms with E-state index in [9.17, 15) is 20.2 Å². The van der Waals surface area contributed by atoms with Gasteiger partial charge in [-0.25, -0.2) is 0 Å². The summed E-state index contributed by atoms with van der Waals surface area (Å²) >= 11 is 0. The Bertz CT molecular complexity index is 1220. The van der Waals surface area contributed by atoms with E-state index in [0.29, 0.717) is 16.9 Å². The van der Waals surface area contributed by atoms with Crippen LogP contribution in [0.2, 0.25) is 0 Å². The van der Waals surface area contributed by atoms with E-state index in [1.54, 1.807) is 18.2 Å². The van der Waals surface area contributed by atoms with Crippen molar-refractivity contribution in [1.82, 2.24) is 4.57 Å². The predicted molar refractivity (Wildman–Crippen MR) is 115 cm³/mol. The summed E-state index contributed by atoms with van der Waals surface area (Å²) in [4.78, 5) is 23.2. The van der Waals surface area contributed by atoms with Gasteiger partial charge in [-0.15, -0.1) is 0 Å². The standard InChI is InChI=1S/C23H20N4O3/c1-15-6-4-7-20(10-15)25-23(28)19(14-24)12-18-11-16(2)26(17(18)3)21-8-5-9-22(13-21)27(29)30/h4-13H,1-3H3,(H,25,28)/b19-12-. The summed E-state index contributed by atoms with van der Waals surface area (Å²) in [5.74, 6) is -0.497. The highest BCUT2D eigenvalue weighted by molar-refractivity contribution is 6.09. The Morgan fingerprint density at radius 2 is 1.87 bits per heavy atom. The first-order valence-electron chi connectivity index (χ1n) is 9.23. The van der Waals surface area contributed by atoms with Gasteiger partial charge >= 0.3 is 0 Å². The lowest BCUT2D eigenvalue weighted by molar-refractivity contribution is -0.384. The normalized spacial score (nSPS) is 11.1. The van der Waals surface area contributed by atoms with Crippen LogP contribution in [0.25, 0.3) is 11.8 Å². The molecule has 0 bridgehead atoms. The number of amides is 1. The molecule has 0 aliphatic rings. The zero-order chi connectivity index (χ0) is 21.8. The molecule has 0 aliphatic carbocycles. The smallest absolute Gasteiger partial charge is 0.271 e. The third-order valence-electron chi connectivity index (χ3n) is 4.71. The van der Waals surface area contributed by atoms with Crippen molar-refractivity contribution in [3.63, 3.8) is 0 Å². The molecule has 7 heteroatoms. The molecule has 0 saturated heterocycles. The lowest BCUT2D eigenvalue weighted by atomic mass is 10.1. The number of nitro groups is 1. The van der Waals surface area contributed by atoms with E-state index >= 15 is 0 Å². The summed E-state index contributed by atoms with van der Waals surface area (Å²) in [5.41, 5.74) is 4.50. The van der Waals surface area contributed by atoms with Gasteiger partial charge in [-0.1, -0.05) is 18.2 Å². The van der Waals surface area contributed by atoms with Gasteiger partial charge in [0.05, 0.1) is 10.6 Å². The maximum atomic E-state index is 12.6. The maximum absolute atomic E-state index is 12.6. The molecule has 2 aromatic carbocycles. The van der Waals surface area contributed by atoms with Crippen LogP contribution in [-0.4, -0.2) is 15.4 Å². The summed E-state index contributed by atoms with van der Waals surface area (Å²) in [6, 6.07) is 17.4. The largest absolute Gasteiger partial charge is 0.321 e. The minimum atomic E-state index is -0.497. The molecule has 1 heterocycles. The molecule has 0 radical (unpaired) electrons. The van der Waals surface area contributed by atoms with Gasteiger partial charge in [0.2, 0.25) is 0 Å². The minimum Gasteiger partial charge on any atom is -0.321 e. The van der Waals surface area contributed by atoms with Crippen molar-refractivity contribution in [2.45, 2.75) is 20.8 Å². The Morgan fingerprint density at radius 1 is 1.13 bits per heavy atom. The van der Waals surface area contributed by atoms with Crippen molar-refractivity contribution in [2.75, 3.05) is 5.32 Å². The first-order valence-corrected chi connectivity index (χ1v) is 9.23. The number of aromatic nitrogens is 1. The van der Waals surface area contributed by atoms with Gasteiger partial charge < -0.3 is 9.88 Å². The number of rotatable bonds is 5. The molecule has 150 valence electrons. The summed E-state index contributed by atoms with van der Waals surface area (Å²) in [6.45, 7) is 5.62. The molecule has 1 aromatic heterocycles. The van der Waals surface area contributed by atoms with Crippen LogP contribution in [0, 0.1) is 42.2 Å². The fourth-order valence-electron chi connectivity index (χ4n) is 3.30. The van der Waals surface area contributed by atoms with Gasteiger partial charge in [-0.2, -0.15) is 5.26 Å². The molecule has 0 atom stereocenters. The number of nitrogens with zero attached hydrogens (tertiary/aromatic N) is 3. The van der Waals surface area contributed by atoms with Gasteiger partial charge in [0.1, 0.15) is 11.6 Å². The lowest BCUT2D eigenvalue weighted by Gasteiger charge is -2.09. The van der Waals surface area contributed by atoms with Crippen LogP contribution in [0.15, 0.2) is 60.2 Å². The van der Waals surface area contributed by atoms with E-state index in [0.717, 1.165) is 17.0 Å². The average Bonchev–Trinajstić information content (AvgIpc) is 2.99. The summed E-state index contributed by atoms with van der Waals surface area (Å²) < 4.78 is 1.85. The SMILES string of the molecule is Cc1cccc(NC(=O)/C(C#N)=C\c2cc(C)n(-c3cccc([N+](=O)[O-])c3)c2C)c1. The minimum absolute atomic E-state index is 0.00709. The Labute approximate surface area is 174 Å².